The third-order valence-corrected chi connectivity index (χ3v) is 4.28. The van der Waals surface area contributed by atoms with Gasteiger partial charge in [0.05, 0.1) is 11.0 Å². The fourth-order valence-electron chi connectivity index (χ4n) is 2.15. The van der Waals surface area contributed by atoms with Gasteiger partial charge in [0.1, 0.15) is 0 Å². The lowest BCUT2D eigenvalue weighted by atomic mass is 10.0. The highest BCUT2D eigenvalue weighted by atomic mass is 32.1. The van der Waals surface area contributed by atoms with E-state index in [1.807, 2.05) is 17.5 Å². The molecule has 1 aromatic carbocycles. The number of nitro groups is 1. The Morgan fingerprint density at radius 3 is 2.70 bits per heavy atom. The highest BCUT2D eigenvalue weighted by Crippen LogP contribution is 2.25. The number of rotatable bonds is 6. The topological polar surface area (TPSA) is 72.2 Å². The Labute approximate surface area is 138 Å². The molecule has 23 heavy (non-hydrogen) atoms. The highest BCUT2D eigenvalue weighted by molar-refractivity contribution is 7.10. The van der Waals surface area contributed by atoms with Gasteiger partial charge in [-0.25, -0.2) is 0 Å². The smallest absolute Gasteiger partial charge is 0.270 e. The summed E-state index contributed by atoms with van der Waals surface area (Å²) in [6.45, 7) is 4.10. The molecule has 1 N–H and O–H groups in total. The van der Waals surface area contributed by atoms with Gasteiger partial charge in [0.15, 0.2) is 0 Å². The molecular weight excluding hydrogens is 312 g/mol. The number of thiophene rings is 1. The molecule has 2 rings (SSSR count). The lowest BCUT2D eigenvalue weighted by molar-refractivity contribution is -0.384. The minimum absolute atomic E-state index is 0.00574. The van der Waals surface area contributed by atoms with E-state index in [0.717, 1.165) is 4.88 Å². The van der Waals surface area contributed by atoms with E-state index in [-0.39, 0.29) is 23.6 Å². The lowest BCUT2D eigenvalue weighted by Crippen LogP contribution is -2.29. The standard InChI is InChI=1S/C17H18N2O3S/c1-12(2)17(15-7-4-10-23-15)18-16(20)9-8-13-5-3-6-14(11-13)19(21)22/h3-12,17H,1-2H3,(H,18,20)/b9-8+. The monoisotopic (exact) mass is 330 g/mol. The fourth-order valence-corrected chi connectivity index (χ4v) is 3.10. The first-order valence-corrected chi connectivity index (χ1v) is 8.12. The molecule has 0 bridgehead atoms. The summed E-state index contributed by atoms with van der Waals surface area (Å²) in [4.78, 5) is 23.5. The first kappa shape index (κ1) is 16.9. The second kappa shape index (κ2) is 7.69. The van der Waals surface area contributed by atoms with E-state index in [4.69, 9.17) is 0 Å². The van der Waals surface area contributed by atoms with Gasteiger partial charge in [0, 0.05) is 23.1 Å². The van der Waals surface area contributed by atoms with Crippen LogP contribution in [-0.2, 0) is 4.79 Å². The molecule has 0 aliphatic carbocycles. The quantitative estimate of drug-likeness (QED) is 0.490. The van der Waals surface area contributed by atoms with Gasteiger partial charge in [-0.2, -0.15) is 0 Å². The summed E-state index contributed by atoms with van der Waals surface area (Å²) in [6, 6.07) is 10.1. The number of nitrogens with zero attached hydrogens (tertiary/aromatic N) is 1. The minimum atomic E-state index is -0.455. The van der Waals surface area contributed by atoms with Crippen molar-refractivity contribution in [2.75, 3.05) is 0 Å². The van der Waals surface area contributed by atoms with Crippen LogP contribution in [0.2, 0.25) is 0 Å². The molecule has 0 aliphatic rings. The number of non-ortho nitro benzene ring substituents is 1. The summed E-state index contributed by atoms with van der Waals surface area (Å²) in [5, 5.41) is 15.7. The van der Waals surface area contributed by atoms with Crippen LogP contribution in [0.1, 0.15) is 30.3 Å². The molecule has 0 spiro atoms. The average molecular weight is 330 g/mol. The van der Waals surface area contributed by atoms with Crippen LogP contribution in [-0.4, -0.2) is 10.8 Å². The van der Waals surface area contributed by atoms with Crippen LogP contribution in [0.4, 0.5) is 5.69 Å². The molecule has 1 atom stereocenters. The van der Waals surface area contributed by atoms with Crippen LogP contribution in [0, 0.1) is 16.0 Å². The van der Waals surface area contributed by atoms with Crippen molar-refractivity contribution >= 4 is 29.0 Å². The molecule has 6 heteroatoms. The van der Waals surface area contributed by atoms with Gasteiger partial charge in [-0.3, -0.25) is 14.9 Å². The number of nitro benzene ring substituents is 1. The van der Waals surface area contributed by atoms with Crippen molar-refractivity contribution in [2.24, 2.45) is 5.92 Å². The summed E-state index contributed by atoms with van der Waals surface area (Å²) in [5.41, 5.74) is 0.623. The third kappa shape index (κ3) is 4.75. The molecule has 1 aromatic heterocycles. The molecule has 1 heterocycles. The third-order valence-electron chi connectivity index (χ3n) is 3.32. The zero-order valence-corrected chi connectivity index (χ0v) is 13.7. The van der Waals surface area contributed by atoms with E-state index in [0.29, 0.717) is 5.56 Å². The second-order valence-electron chi connectivity index (χ2n) is 5.43. The van der Waals surface area contributed by atoms with Gasteiger partial charge in [0.2, 0.25) is 5.91 Å². The Kier molecular flexibility index (Phi) is 5.65. The maximum atomic E-state index is 12.1. The van der Waals surface area contributed by atoms with E-state index in [2.05, 4.69) is 19.2 Å². The summed E-state index contributed by atoms with van der Waals surface area (Å²) >= 11 is 1.61. The number of carbonyl (C=O) groups excluding carboxylic acids is 1. The molecule has 2 aromatic rings. The molecule has 0 fully saturated rings. The first-order valence-electron chi connectivity index (χ1n) is 7.24. The van der Waals surface area contributed by atoms with E-state index in [9.17, 15) is 14.9 Å². The number of benzene rings is 1. The van der Waals surface area contributed by atoms with E-state index in [1.165, 1.54) is 18.2 Å². The van der Waals surface area contributed by atoms with Crippen LogP contribution in [0.5, 0.6) is 0 Å². The van der Waals surface area contributed by atoms with Gasteiger partial charge in [-0.15, -0.1) is 11.3 Å². The van der Waals surface area contributed by atoms with Gasteiger partial charge in [-0.05, 0) is 29.0 Å². The molecule has 5 nitrogen and oxygen atoms in total. The molecule has 1 amide bonds. The summed E-state index contributed by atoms with van der Waals surface area (Å²) in [5.74, 6) is 0.0485. The second-order valence-corrected chi connectivity index (χ2v) is 6.41. The number of carbonyl (C=O) groups is 1. The predicted molar refractivity (Wildman–Crippen MR) is 92.2 cm³/mol. The van der Waals surface area contributed by atoms with E-state index >= 15 is 0 Å². The van der Waals surface area contributed by atoms with Gasteiger partial charge in [0.25, 0.3) is 5.69 Å². The first-order chi connectivity index (χ1) is 11.0. The van der Waals surface area contributed by atoms with Crippen molar-refractivity contribution in [3.63, 3.8) is 0 Å². The van der Waals surface area contributed by atoms with Crippen LogP contribution < -0.4 is 5.32 Å². The highest BCUT2D eigenvalue weighted by Gasteiger charge is 2.18. The van der Waals surface area contributed by atoms with Crippen molar-refractivity contribution in [2.45, 2.75) is 19.9 Å². The Bertz CT molecular complexity index is 708. The van der Waals surface area contributed by atoms with Gasteiger partial charge in [-0.1, -0.05) is 32.0 Å². The molecule has 120 valence electrons. The molecule has 0 radical (unpaired) electrons. The van der Waals surface area contributed by atoms with Crippen LogP contribution in [0.25, 0.3) is 6.08 Å². The Morgan fingerprint density at radius 2 is 2.09 bits per heavy atom. The molecule has 0 saturated heterocycles. The Morgan fingerprint density at radius 1 is 1.30 bits per heavy atom. The molecule has 1 unspecified atom stereocenters. The summed E-state index contributed by atoms with van der Waals surface area (Å²) in [7, 11) is 0. The number of hydrogen-bond donors (Lipinski definition) is 1. The van der Waals surface area contributed by atoms with Crippen molar-refractivity contribution in [1.29, 1.82) is 0 Å². The maximum absolute atomic E-state index is 12.1. The van der Waals surface area contributed by atoms with Crippen molar-refractivity contribution in [3.8, 4) is 0 Å². The number of hydrogen-bond acceptors (Lipinski definition) is 4. The molecular formula is C17H18N2O3S. The van der Waals surface area contributed by atoms with Crippen molar-refractivity contribution in [1.82, 2.24) is 5.32 Å². The maximum Gasteiger partial charge on any atom is 0.270 e. The van der Waals surface area contributed by atoms with E-state index in [1.54, 1.807) is 29.5 Å². The number of nitrogens with one attached hydrogen (secondary N) is 1. The van der Waals surface area contributed by atoms with Gasteiger partial charge < -0.3 is 5.32 Å². The Hall–Kier alpha value is -2.47. The van der Waals surface area contributed by atoms with Crippen LogP contribution in [0.15, 0.2) is 47.9 Å². The van der Waals surface area contributed by atoms with Crippen LogP contribution in [0.3, 0.4) is 0 Å². The zero-order valence-electron chi connectivity index (χ0n) is 12.9. The summed E-state index contributed by atoms with van der Waals surface area (Å²) < 4.78 is 0. The number of amides is 1. The molecule has 0 aliphatic heterocycles. The lowest BCUT2D eigenvalue weighted by Gasteiger charge is -2.20. The van der Waals surface area contributed by atoms with Gasteiger partial charge >= 0.3 is 0 Å². The van der Waals surface area contributed by atoms with E-state index < -0.39 is 4.92 Å². The average Bonchev–Trinajstić information content (AvgIpc) is 3.04. The normalized spacial score (nSPS) is 12.5. The predicted octanol–water partition coefficient (Wildman–Crippen LogP) is 4.18. The van der Waals surface area contributed by atoms with Crippen LogP contribution >= 0.6 is 11.3 Å². The fraction of sp³-hybridized carbons (Fsp3) is 0.235. The largest absolute Gasteiger partial charge is 0.345 e. The zero-order chi connectivity index (χ0) is 16.8. The SMILES string of the molecule is CC(C)C(NC(=O)/C=C/c1cccc([N+](=O)[O-])c1)c1cccs1. The summed E-state index contributed by atoms with van der Waals surface area (Å²) in [6.07, 6.45) is 2.98. The van der Waals surface area contributed by atoms with Crippen molar-refractivity contribution in [3.05, 3.63) is 68.4 Å². The Balaban J connectivity index is 2.06. The molecule has 0 saturated carbocycles. The minimum Gasteiger partial charge on any atom is -0.345 e. The van der Waals surface area contributed by atoms with Crippen molar-refractivity contribution < 1.29 is 9.72 Å².